The maximum absolute atomic E-state index is 13.0. The first kappa shape index (κ1) is 22.5. The number of amides is 1. The van der Waals surface area contributed by atoms with Crippen molar-refractivity contribution in [3.8, 4) is 16.3 Å². The fraction of sp³-hybridized carbons (Fsp3) is 0.250. The van der Waals surface area contributed by atoms with Crippen LogP contribution in [0.3, 0.4) is 0 Å². The van der Waals surface area contributed by atoms with Gasteiger partial charge in [-0.2, -0.15) is 0 Å². The zero-order valence-corrected chi connectivity index (χ0v) is 19.3. The topological polar surface area (TPSA) is 111 Å². The van der Waals surface area contributed by atoms with Gasteiger partial charge in [0.15, 0.2) is 0 Å². The van der Waals surface area contributed by atoms with E-state index in [0.29, 0.717) is 42.1 Å². The van der Waals surface area contributed by atoms with Crippen molar-refractivity contribution in [2.75, 3.05) is 38.1 Å². The van der Waals surface area contributed by atoms with Gasteiger partial charge in [0.05, 0.1) is 30.8 Å². The van der Waals surface area contributed by atoms with E-state index in [9.17, 15) is 13.2 Å². The summed E-state index contributed by atoms with van der Waals surface area (Å²) in [5, 5.41) is 9.18. The number of anilines is 1. The van der Waals surface area contributed by atoms with Gasteiger partial charge >= 0.3 is 0 Å². The number of nitrogens with one attached hydrogen (secondary N) is 1. The van der Waals surface area contributed by atoms with E-state index < -0.39 is 10.0 Å². The largest absolute Gasteiger partial charge is 0.496 e. The van der Waals surface area contributed by atoms with Gasteiger partial charge in [-0.15, -0.1) is 10.2 Å². The fourth-order valence-electron chi connectivity index (χ4n) is 3.11. The quantitative estimate of drug-likeness (QED) is 0.560. The zero-order valence-electron chi connectivity index (χ0n) is 16.9. The molecule has 4 rings (SSSR count). The van der Waals surface area contributed by atoms with Gasteiger partial charge in [0, 0.05) is 23.7 Å². The van der Waals surface area contributed by atoms with Crippen LogP contribution >= 0.6 is 22.9 Å². The Hall–Kier alpha value is -2.73. The van der Waals surface area contributed by atoms with E-state index in [1.807, 2.05) is 0 Å². The van der Waals surface area contributed by atoms with Crippen LogP contribution in [0.15, 0.2) is 47.4 Å². The number of methoxy groups -OCH3 is 1. The van der Waals surface area contributed by atoms with Crippen LogP contribution in [0.5, 0.6) is 5.75 Å². The van der Waals surface area contributed by atoms with E-state index in [2.05, 4.69) is 14.9 Å². The highest BCUT2D eigenvalue weighted by Crippen LogP contribution is 2.30. The van der Waals surface area contributed by atoms with Gasteiger partial charge < -0.3 is 14.4 Å². The third-order valence-corrected chi connectivity index (χ3v) is 7.35. The fourth-order valence-corrected chi connectivity index (χ4v) is 5.24. The first-order valence-electron chi connectivity index (χ1n) is 9.55. The van der Waals surface area contributed by atoms with Gasteiger partial charge in [-0.3, -0.25) is 9.52 Å². The summed E-state index contributed by atoms with van der Waals surface area (Å²) in [7, 11) is -2.59. The molecule has 9 nitrogen and oxygen atoms in total. The summed E-state index contributed by atoms with van der Waals surface area (Å²) in [5.41, 5.74) is 0.927. The number of halogens is 1. The number of rotatable bonds is 6. The molecule has 0 saturated carbocycles. The molecule has 32 heavy (non-hydrogen) atoms. The van der Waals surface area contributed by atoms with Crippen molar-refractivity contribution in [3.63, 3.8) is 0 Å². The summed E-state index contributed by atoms with van der Waals surface area (Å²) in [5.74, 6) is -0.0236. The van der Waals surface area contributed by atoms with Crippen molar-refractivity contribution in [1.29, 1.82) is 0 Å². The van der Waals surface area contributed by atoms with Crippen LogP contribution in [0, 0.1) is 0 Å². The number of ether oxygens (including phenoxy) is 2. The van der Waals surface area contributed by atoms with Crippen molar-refractivity contribution in [2.45, 2.75) is 4.90 Å². The van der Waals surface area contributed by atoms with Gasteiger partial charge in [-0.1, -0.05) is 35.1 Å². The Bertz CT molecular complexity index is 1230. The number of hydrogen-bond acceptors (Lipinski definition) is 8. The van der Waals surface area contributed by atoms with Crippen molar-refractivity contribution in [2.24, 2.45) is 0 Å². The van der Waals surface area contributed by atoms with Crippen LogP contribution in [0.25, 0.3) is 10.6 Å². The van der Waals surface area contributed by atoms with Gasteiger partial charge in [-0.25, -0.2) is 8.42 Å². The second-order valence-electron chi connectivity index (χ2n) is 6.79. The summed E-state index contributed by atoms with van der Waals surface area (Å²) >= 11 is 6.98. The molecule has 0 bridgehead atoms. The summed E-state index contributed by atoms with van der Waals surface area (Å²) in [4.78, 5) is 14.5. The van der Waals surface area contributed by atoms with Gasteiger partial charge in [-0.05, 0) is 30.3 Å². The number of morpholine rings is 1. The average molecular weight is 495 g/mol. The molecular formula is C20H19ClN4O5S2. The molecule has 12 heteroatoms. The smallest absolute Gasteiger partial charge is 0.263 e. The molecule has 0 unspecified atom stereocenters. The SMILES string of the molecule is COc1ccc(S(=O)(=O)Nc2nnc(-c3ccc(Cl)cc3)s2)cc1C(=O)N1CCOCC1. The standard InChI is InChI=1S/C20H19ClN4O5S2/c1-29-17-7-6-15(12-16(17)19(26)25-8-10-30-11-9-25)32(27,28)24-20-23-22-18(31-20)13-2-4-14(21)5-3-13/h2-7,12H,8-11H2,1H3,(H,23,24). The van der Waals surface area contributed by atoms with Crippen LogP contribution < -0.4 is 9.46 Å². The van der Waals surface area contributed by atoms with E-state index in [-0.39, 0.29) is 21.5 Å². The zero-order chi connectivity index (χ0) is 22.7. The number of nitrogens with zero attached hydrogens (tertiary/aromatic N) is 3. The van der Waals surface area contributed by atoms with E-state index >= 15 is 0 Å². The maximum atomic E-state index is 13.0. The number of aromatic nitrogens is 2. The van der Waals surface area contributed by atoms with Crippen molar-refractivity contribution in [1.82, 2.24) is 15.1 Å². The molecule has 0 spiro atoms. The molecule has 2 heterocycles. The molecule has 2 aromatic carbocycles. The Morgan fingerprint density at radius 2 is 1.88 bits per heavy atom. The van der Waals surface area contributed by atoms with E-state index in [1.54, 1.807) is 29.2 Å². The second-order valence-corrected chi connectivity index (χ2v) is 9.89. The Morgan fingerprint density at radius 3 is 2.56 bits per heavy atom. The average Bonchev–Trinajstić information content (AvgIpc) is 3.27. The minimum absolute atomic E-state index is 0.0850. The third kappa shape index (κ3) is 4.85. The minimum atomic E-state index is -4.01. The number of benzene rings is 2. The predicted octanol–water partition coefficient (Wildman–Crippen LogP) is 3.14. The van der Waals surface area contributed by atoms with Crippen molar-refractivity contribution < 1.29 is 22.7 Å². The summed E-state index contributed by atoms with van der Waals surface area (Å²) in [6.07, 6.45) is 0. The molecule has 1 fully saturated rings. The lowest BCUT2D eigenvalue weighted by molar-refractivity contribution is 0.0300. The lowest BCUT2D eigenvalue weighted by Crippen LogP contribution is -2.40. The van der Waals surface area contributed by atoms with Crippen LogP contribution in [0.1, 0.15) is 10.4 Å². The Balaban J connectivity index is 1.58. The van der Waals surface area contributed by atoms with Gasteiger partial charge in [0.25, 0.3) is 15.9 Å². The molecule has 1 aromatic heterocycles. The highest BCUT2D eigenvalue weighted by atomic mass is 35.5. The van der Waals surface area contributed by atoms with E-state index in [1.165, 1.54) is 25.3 Å². The first-order valence-corrected chi connectivity index (χ1v) is 12.2. The van der Waals surface area contributed by atoms with Crippen LogP contribution in [-0.2, 0) is 14.8 Å². The number of hydrogen-bond donors (Lipinski definition) is 1. The van der Waals surface area contributed by atoms with Crippen molar-refractivity contribution in [3.05, 3.63) is 53.1 Å². The molecule has 3 aromatic rings. The normalized spacial score (nSPS) is 14.2. The van der Waals surface area contributed by atoms with E-state index in [4.69, 9.17) is 21.1 Å². The molecule has 168 valence electrons. The first-order chi connectivity index (χ1) is 15.4. The molecule has 1 aliphatic rings. The minimum Gasteiger partial charge on any atom is -0.496 e. The highest BCUT2D eigenvalue weighted by Gasteiger charge is 2.25. The predicted molar refractivity (Wildman–Crippen MR) is 121 cm³/mol. The Morgan fingerprint density at radius 1 is 1.16 bits per heavy atom. The molecule has 1 N–H and O–H groups in total. The maximum Gasteiger partial charge on any atom is 0.263 e. The van der Waals surface area contributed by atoms with Gasteiger partial charge in [0.1, 0.15) is 10.8 Å². The second kappa shape index (κ2) is 9.41. The number of carbonyl (C=O) groups is 1. The van der Waals surface area contributed by atoms with Crippen LogP contribution in [-0.4, -0.2) is 62.8 Å². The number of sulfonamides is 1. The Labute approximate surface area is 194 Å². The van der Waals surface area contributed by atoms with E-state index in [0.717, 1.165) is 16.9 Å². The van der Waals surface area contributed by atoms with Crippen LogP contribution in [0.4, 0.5) is 5.13 Å². The monoisotopic (exact) mass is 494 g/mol. The lowest BCUT2D eigenvalue weighted by Gasteiger charge is -2.27. The van der Waals surface area contributed by atoms with Gasteiger partial charge in [0.2, 0.25) is 5.13 Å². The highest BCUT2D eigenvalue weighted by molar-refractivity contribution is 7.93. The molecular weight excluding hydrogens is 476 g/mol. The molecule has 0 aliphatic carbocycles. The summed E-state index contributed by atoms with van der Waals surface area (Å²) in [6, 6.07) is 11.1. The number of carbonyl (C=O) groups excluding carboxylic acids is 1. The molecule has 0 radical (unpaired) electrons. The lowest BCUT2D eigenvalue weighted by atomic mass is 10.1. The summed E-state index contributed by atoms with van der Waals surface area (Å²) < 4.78 is 38.9. The third-order valence-electron chi connectivity index (χ3n) is 4.75. The molecule has 0 atom stereocenters. The summed E-state index contributed by atoms with van der Waals surface area (Å²) in [6.45, 7) is 1.71. The molecule has 1 amide bonds. The van der Waals surface area contributed by atoms with Crippen molar-refractivity contribution >= 4 is 44.0 Å². The van der Waals surface area contributed by atoms with Crippen LogP contribution in [0.2, 0.25) is 5.02 Å². The molecule has 1 saturated heterocycles. The molecule has 1 aliphatic heterocycles. The Kier molecular flexibility index (Phi) is 6.60.